The molecule has 276 valence electrons. The van der Waals surface area contributed by atoms with E-state index in [-0.39, 0.29) is 0 Å². The van der Waals surface area contributed by atoms with Gasteiger partial charge in [0.1, 0.15) is 0 Å². The molecule has 0 saturated carbocycles. The van der Waals surface area contributed by atoms with Gasteiger partial charge in [-0.05, 0) is 95.8 Å². The van der Waals surface area contributed by atoms with Crippen LogP contribution in [0, 0.1) is 13.8 Å². The van der Waals surface area contributed by atoms with Crippen LogP contribution in [0.25, 0.3) is 102 Å². The van der Waals surface area contributed by atoms with E-state index in [0.717, 1.165) is 89.2 Å². The highest BCUT2D eigenvalue weighted by atomic mass is 16.4. The first-order chi connectivity index (χ1) is 28.5. The largest absolute Gasteiger partial charge is 0.416 e. The van der Waals surface area contributed by atoms with Crippen LogP contribution in [0.15, 0.2) is 179 Å². The molecule has 0 fully saturated rings. The zero-order valence-corrected chi connectivity index (χ0v) is 31.7. The van der Waals surface area contributed by atoms with Crippen LogP contribution in [0.3, 0.4) is 0 Å². The third kappa shape index (κ3) is 6.62. The predicted octanol–water partition coefficient (Wildman–Crippen LogP) is 12.3. The zero-order chi connectivity index (χ0) is 39.0. The van der Waals surface area contributed by atoms with E-state index in [1.807, 2.05) is 84.9 Å². The van der Waals surface area contributed by atoms with E-state index in [4.69, 9.17) is 18.8 Å². The van der Waals surface area contributed by atoms with Crippen molar-refractivity contribution >= 4 is 11.0 Å². The summed E-state index contributed by atoms with van der Waals surface area (Å²) in [4.78, 5) is 10.6. The number of aromatic nitrogens is 6. The topological polar surface area (TPSA) is 104 Å². The summed E-state index contributed by atoms with van der Waals surface area (Å²) in [5.41, 5.74) is 15.5. The molecule has 0 atom stereocenters. The second-order valence-electron chi connectivity index (χ2n) is 14.2. The fourth-order valence-corrected chi connectivity index (χ4v) is 7.12. The van der Waals surface area contributed by atoms with E-state index in [2.05, 4.69) is 119 Å². The Kier molecular flexibility index (Phi) is 8.76. The SMILES string of the molecule is Cc1ccc(C)c2nc(-c3ccc(-c4ccc(-c5nnc(-c6ccccc6)o5)cc4)cc3)c(-c3ccc(-c4ccc(-c5nnc(-c6ccccc6)o5)cc4)cc3)nc12. The monoisotopic (exact) mass is 750 g/mol. The molecule has 8 nitrogen and oxygen atoms in total. The van der Waals surface area contributed by atoms with Crippen LogP contribution in [0.5, 0.6) is 0 Å². The first-order valence-electron chi connectivity index (χ1n) is 19.0. The number of aryl methyl sites for hydroxylation is 2. The van der Waals surface area contributed by atoms with Gasteiger partial charge < -0.3 is 8.83 Å². The summed E-state index contributed by atoms with van der Waals surface area (Å²) >= 11 is 0. The van der Waals surface area contributed by atoms with Gasteiger partial charge in [-0.25, -0.2) is 9.97 Å². The molecule has 0 saturated heterocycles. The fourth-order valence-electron chi connectivity index (χ4n) is 7.12. The van der Waals surface area contributed by atoms with Gasteiger partial charge in [-0.15, -0.1) is 20.4 Å². The Labute approximate surface area is 334 Å². The van der Waals surface area contributed by atoms with E-state index >= 15 is 0 Å². The minimum atomic E-state index is 0.484. The Hall–Kier alpha value is -7.84. The van der Waals surface area contributed by atoms with E-state index in [1.54, 1.807) is 0 Å². The van der Waals surface area contributed by atoms with Crippen LogP contribution in [-0.2, 0) is 0 Å². The number of hydrogen-bond acceptors (Lipinski definition) is 8. The van der Waals surface area contributed by atoms with Crippen molar-refractivity contribution in [2.75, 3.05) is 0 Å². The van der Waals surface area contributed by atoms with Crippen LogP contribution >= 0.6 is 0 Å². The fraction of sp³-hybridized carbons (Fsp3) is 0.0400. The molecule has 0 aliphatic rings. The van der Waals surface area contributed by atoms with Crippen LogP contribution in [0.2, 0.25) is 0 Å². The molecule has 10 rings (SSSR count). The molecule has 8 heteroatoms. The van der Waals surface area contributed by atoms with Crippen molar-refractivity contribution < 1.29 is 8.83 Å². The minimum absolute atomic E-state index is 0.484. The molecule has 0 aliphatic heterocycles. The average Bonchev–Trinajstić information content (AvgIpc) is 4.00. The number of rotatable bonds is 8. The van der Waals surface area contributed by atoms with Crippen LogP contribution in [-0.4, -0.2) is 30.4 Å². The van der Waals surface area contributed by atoms with Crippen LogP contribution < -0.4 is 0 Å². The first-order valence-corrected chi connectivity index (χ1v) is 19.0. The van der Waals surface area contributed by atoms with E-state index in [0.29, 0.717) is 23.6 Å². The summed E-state index contributed by atoms with van der Waals surface area (Å²) in [5.74, 6) is 1.96. The summed E-state index contributed by atoms with van der Waals surface area (Å²) in [6, 6.07) is 57.2. The number of fused-ring (bicyclic) bond motifs is 1. The van der Waals surface area contributed by atoms with Gasteiger partial charge in [-0.2, -0.15) is 0 Å². The number of benzene rings is 7. The Bertz CT molecular complexity index is 2820. The Morgan fingerprint density at radius 2 is 0.534 bits per heavy atom. The van der Waals surface area contributed by atoms with Gasteiger partial charge in [-0.3, -0.25) is 0 Å². The molecule has 0 aliphatic carbocycles. The second-order valence-corrected chi connectivity index (χ2v) is 14.2. The molecule has 58 heavy (non-hydrogen) atoms. The summed E-state index contributed by atoms with van der Waals surface area (Å²) in [7, 11) is 0. The minimum Gasteiger partial charge on any atom is -0.416 e. The number of nitrogens with zero attached hydrogens (tertiary/aromatic N) is 6. The third-order valence-electron chi connectivity index (χ3n) is 10.4. The van der Waals surface area contributed by atoms with Gasteiger partial charge in [0.2, 0.25) is 23.6 Å². The maximum atomic E-state index is 5.98. The zero-order valence-electron chi connectivity index (χ0n) is 31.7. The van der Waals surface area contributed by atoms with Crippen molar-refractivity contribution in [1.29, 1.82) is 0 Å². The molecular weight excluding hydrogens is 717 g/mol. The molecule has 3 heterocycles. The van der Waals surface area contributed by atoms with Crippen molar-refractivity contribution in [1.82, 2.24) is 30.4 Å². The lowest BCUT2D eigenvalue weighted by molar-refractivity contribution is 0.584. The normalized spacial score (nSPS) is 11.3. The maximum Gasteiger partial charge on any atom is 0.248 e. The van der Waals surface area contributed by atoms with E-state index in [1.165, 1.54) is 0 Å². The highest BCUT2D eigenvalue weighted by molar-refractivity contribution is 5.90. The Morgan fingerprint density at radius 1 is 0.276 bits per heavy atom. The Balaban J connectivity index is 0.928. The quantitative estimate of drug-likeness (QED) is 0.151. The average molecular weight is 751 g/mol. The second kappa shape index (κ2) is 14.7. The molecule has 3 aromatic heterocycles. The van der Waals surface area contributed by atoms with Crippen molar-refractivity contribution in [3.8, 4) is 90.6 Å². The highest BCUT2D eigenvalue weighted by Gasteiger charge is 2.17. The van der Waals surface area contributed by atoms with E-state index in [9.17, 15) is 0 Å². The predicted molar refractivity (Wildman–Crippen MR) is 228 cm³/mol. The lowest BCUT2D eigenvalue weighted by Crippen LogP contribution is -1.98. The van der Waals surface area contributed by atoms with Gasteiger partial charge in [0, 0.05) is 33.4 Å². The van der Waals surface area contributed by atoms with Gasteiger partial charge in [0.25, 0.3) is 0 Å². The lowest BCUT2D eigenvalue weighted by atomic mass is 9.97. The molecule has 0 N–H and O–H groups in total. The molecule has 7 aromatic carbocycles. The van der Waals surface area contributed by atoms with Crippen LogP contribution in [0.1, 0.15) is 11.1 Å². The maximum absolute atomic E-state index is 5.98. The molecule has 10 aromatic rings. The third-order valence-corrected chi connectivity index (χ3v) is 10.4. The smallest absolute Gasteiger partial charge is 0.248 e. The molecule has 0 unspecified atom stereocenters. The lowest BCUT2D eigenvalue weighted by Gasteiger charge is -2.14. The number of hydrogen-bond donors (Lipinski definition) is 0. The van der Waals surface area contributed by atoms with Gasteiger partial charge in [0.15, 0.2) is 0 Å². The molecule has 0 radical (unpaired) electrons. The van der Waals surface area contributed by atoms with Gasteiger partial charge in [-0.1, -0.05) is 121 Å². The van der Waals surface area contributed by atoms with E-state index < -0.39 is 0 Å². The summed E-state index contributed by atoms with van der Waals surface area (Å²) in [6.07, 6.45) is 0. The van der Waals surface area contributed by atoms with Crippen molar-refractivity contribution in [3.63, 3.8) is 0 Å². The van der Waals surface area contributed by atoms with Crippen molar-refractivity contribution in [2.45, 2.75) is 13.8 Å². The molecule has 0 spiro atoms. The van der Waals surface area contributed by atoms with Gasteiger partial charge >= 0.3 is 0 Å². The highest BCUT2D eigenvalue weighted by Crippen LogP contribution is 2.36. The summed E-state index contributed by atoms with van der Waals surface area (Å²) in [6.45, 7) is 4.17. The molecule has 0 bridgehead atoms. The molecular formula is C50H34N6O2. The standard InChI is InChI=1S/C50H34N6O2/c1-31-13-14-32(2)44-43(31)51-45(37-23-15-33(16-24-37)35-19-27-41(28-20-35)49-55-53-47(57-49)39-9-5-3-6-10-39)46(52-44)38-25-17-34(18-26-38)36-21-29-42(30-22-36)50-56-54-48(58-50)40-11-7-4-8-12-40/h3-30H,1-2H3. The summed E-state index contributed by atoms with van der Waals surface area (Å²) < 4.78 is 12.0. The van der Waals surface area contributed by atoms with Gasteiger partial charge in [0.05, 0.1) is 22.4 Å². The summed E-state index contributed by atoms with van der Waals surface area (Å²) in [5, 5.41) is 17.1. The van der Waals surface area contributed by atoms with Crippen molar-refractivity contribution in [3.05, 3.63) is 181 Å². The first kappa shape index (κ1) is 34.6. The Morgan fingerprint density at radius 3 is 0.845 bits per heavy atom. The van der Waals surface area contributed by atoms with Crippen LogP contribution in [0.4, 0.5) is 0 Å². The molecule has 0 amide bonds. The van der Waals surface area contributed by atoms with Crippen molar-refractivity contribution in [2.24, 2.45) is 0 Å².